The standard InChI is InChI=1S/C15H16ClNO3/c1-10(13-5-3-4-6-14(13)16)17-8-12-7-11(9-20-12)15(18)19-2/h3-7,9-10,17H,8H2,1-2H3. The van der Waals surface area contributed by atoms with E-state index >= 15 is 0 Å². The topological polar surface area (TPSA) is 51.5 Å². The van der Waals surface area contributed by atoms with Gasteiger partial charge in [-0.3, -0.25) is 0 Å². The second-order valence-electron chi connectivity index (χ2n) is 4.42. The van der Waals surface area contributed by atoms with Gasteiger partial charge in [-0.2, -0.15) is 0 Å². The van der Waals surface area contributed by atoms with Gasteiger partial charge < -0.3 is 14.5 Å². The minimum atomic E-state index is -0.404. The van der Waals surface area contributed by atoms with E-state index in [1.54, 1.807) is 6.07 Å². The summed E-state index contributed by atoms with van der Waals surface area (Å²) >= 11 is 6.14. The summed E-state index contributed by atoms with van der Waals surface area (Å²) in [6, 6.07) is 9.42. The van der Waals surface area contributed by atoms with Crippen molar-refractivity contribution in [2.45, 2.75) is 19.5 Å². The van der Waals surface area contributed by atoms with E-state index in [9.17, 15) is 4.79 Å². The van der Waals surface area contributed by atoms with E-state index in [1.165, 1.54) is 13.4 Å². The molecule has 1 N–H and O–H groups in total. The van der Waals surface area contributed by atoms with Gasteiger partial charge in [-0.05, 0) is 24.6 Å². The van der Waals surface area contributed by atoms with Gasteiger partial charge in [0.25, 0.3) is 0 Å². The molecule has 1 aromatic heterocycles. The second kappa shape index (κ2) is 6.59. The normalized spacial score (nSPS) is 12.2. The number of benzene rings is 1. The number of rotatable bonds is 5. The maximum atomic E-state index is 11.3. The maximum absolute atomic E-state index is 11.3. The van der Waals surface area contributed by atoms with Crippen LogP contribution >= 0.6 is 11.6 Å². The zero-order valence-electron chi connectivity index (χ0n) is 11.4. The molecule has 0 bridgehead atoms. The number of nitrogens with one attached hydrogen (secondary N) is 1. The van der Waals surface area contributed by atoms with Crippen molar-refractivity contribution in [3.63, 3.8) is 0 Å². The smallest absolute Gasteiger partial charge is 0.341 e. The third kappa shape index (κ3) is 3.40. The van der Waals surface area contributed by atoms with Gasteiger partial charge in [0.1, 0.15) is 12.0 Å². The van der Waals surface area contributed by atoms with E-state index in [1.807, 2.05) is 31.2 Å². The van der Waals surface area contributed by atoms with Crippen LogP contribution in [0.4, 0.5) is 0 Å². The number of furan rings is 1. The summed E-state index contributed by atoms with van der Waals surface area (Å²) in [5.74, 6) is 0.267. The molecule has 0 saturated heterocycles. The van der Waals surface area contributed by atoms with Gasteiger partial charge in [-0.1, -0.05) is 29.8 Å². The molecule has 5 heteroatoms. The number of carbonyl (C=O) groups excluding carboxylic acids is 1. The number of methoxy groups -OCH3 is 1. The van der Waals surface area contributed by atoms with Crippen LogP contribution < -0.4 is 5.32 Å². The van der Waals surface area contributed by atoms with Gasteiger partial charge in [0.2, 0.25) is 0 Å². The zero-order valence-corrected chi connectivity index (χ0v) is 12.1. The summed E-state index contributed by atoms with van der Waals surface area (Å²) < 4.78 is 9.93. The first kappa shape index (κ1) is 14.6. The van der Waals surface area contributed by atoms with Gasteiger partial charge in [0, 0.05) is 11.1 Å². The van der Waals surface area contributed by atoms with Crippen molar-refractivity contribution in [2.24, 2.45) is 0 Å². The lowest BCUT2D eigenvalue weighted by Crippen LogP contribution is -2.18. The number of esters is 1. The molecule has 1 heterocycles. The molecule has 1 atom stereocenters. The molecule has 4 nitrogen and oxygen atoms in total. The Hall–Kier alpha value is -1.78. The van der Waals surface area contributed by atoms with E-state index in [4.69, 9.17) is 16.0 Å². The Kier molecular flexibility index (Phi) is 4.82. The number of halogens is 1. The molecule has 2 aromatic rings. The summed E-state index contributed by atoms with van der Waals surface area (Å²) in [6.45, 7) is 2.52. The van der Waals surface area contributed by atoms with Crippen LogP contribution in [-0.2, 0) is 11.3 Å². The van der Waals surface area contributed by atoms with E-state index < -0.39 is 5.97 Å². The van der Waals surface area contributed by atoms with Gasteiger partial charge in [0.15, 0.2) is 0 Å². The van der Waals surface area contributed by atoms with Crippen LogP contribution in [-0.4, -0.2) is 13.1 Å². The van der Waals surface area contributed by atoms with Crippen molar-refractivity contribution in [2.75, 3.05) is 7.11 Å². The molecule has 0 aliphatic rings. The quantitative estimate of drug-likeness (QED) is 0.856. The Morgan fingerprint density at radius 1 is 1.45 bits per heavy atom. The van der Waals surface area contributed by atoms with Crippen LogP contribution in [0.3, 0.4) is 0 Å². The molecule has 0 saturated carbocycles. The van der Waals surface area contributed by atoms with Gasteiger partial charge >= 0.3 is 5.97 Å². The number of hydrogen-bond acceptors (Lipinski definition) is 4. The average Bonchev–Trinajstić information content (AvgIpc) is 2.93. The predicted octanol–water partition coefficient (Wildman–Crippen LogP) is 3.57. The molecule has 0 spiro atoms. The van der Waals surface area contributed by atoms with Crippen molar-refractivity contribution < 1.29 is 13.9 Å². The fourth-order valence-electron chi connectivity index (χ4n) is 1.89. The molecule has 106 valence electrons. The van der Waals surface area contributed by atoms with E-state index in [2.05, 4.69) is 10.1 Å². The number of carbonyl (C=O) groups is 1. The van der Waals surface area contributed by atoms with Crippen molar-refractivity contribution in [3.8, 4) is 0 Å². The summed E-state index contributed by atoms with van der Waals surface area (Å²) in [7, 11) is 1.34. The highest BCUT2D eigenvalue weighted by atomic mass is 35.5. The Morgan fingerprint density at radius 3 is 2.90 bits per heavy atom. The lowest BCUT2D eigenvalue weighted by molar-refractivity contribution is 0.0600. The van der Waals surface area contributed by atoms with E-state index in [0.29, 0.717) is 17.9 Å². The van der Waals surface area contributed by atoms with Crippen molar-refractivity contribution in [3.05, 3.63) is 58.5 Å². The molecule has 0 fully saturated rings. The van der Waals surface area contributed by atoms with Crippen molar-refractivity contribution >= 4 is 17.6 Å². The first-order valence-electron chi connectivity index (χ1n) is 6.25. The highest BCUT2D eigenvalue weighted by molar-refractivity contribution is 6.31. The lowest BCUT2D eigenvalue weighted by atomic mass is 10.1. The Morgan fingerprint density at radius 2 is 2.20 bits per heavy atom. The van der Waals surface area contributed by atoms with Crippen LogP contribution in [0.1, 0.15) is 34.6 Å². The molecule has 1 aromatic carbocycles. The molecule has 0 aliphatic carbocycles. The molecule has 20 heavy (non-hydrogen) atoms. The Labute approximate surface area is 122 Å². The zero-order chi connectivity index (χ0) is 14.5. The first-order chi connectivity index (χ1) is 9.61. The molecule has 2 rings (SSSR count). The molecular formula is C15H16ClNO3. The molecular weight excluding hydrogens is 278 g/mol. The third-order valence-corrected chi connectivity index (χ3v) is 3.37. The van der Waals surface area contributed by atoms with Gasteiger partial charge in [0.05, 0.1) is 19.2 Å². The summed E-state index contributed by atoms with van der Waals surface area (Å²) in [5.41, 5.74) is 1.43. The average molecular weight is 294 g/mol. The van der Waals surface area contributed by atoms with E-state index in [-0.39, 0.29) is 6.04 Å². The van der Waals surface area contributed by atoms with Crippen LogP contribution in [0.5, 0.6) is 0 Å². The fraction of sp³-hybridized carbons (Fsp3) is 0.267. The Balaban J connectivity index is 1.97. The van der Waals surface area contributed by atoms with Gasteiger partial charge in [-0.25, -0.2) is 4.79 Å². The molecule has 1 unspecified atom stereocenters. The SMILES string of the molecule is COC(=O)c1coc(CNC(C)c2ccccc2Cl)c1. The Bertz CT molecular complexity index is 594. The van der Waals surface area contributed by atoms with Crippen LogP contribution in [0.15, 0.2) is 41.0 Å². The maximum Gasteiger partial charge on any atom is 0.341 e. The number of hydrogen-bond donors (Lipinski definition) is 1. The second-order valence-corrected chi connectivity index (χ2v) is 4.82. The van der Waals surface area contributed by atoms with E-state index in [0.717, 1.165) is 10.6 Å². The van der Waals surface area contributed by atoms with Gasteiger partial charge in [-0.15, -0.1) is 0 Å². The molecule has 0 amide bonds. The highest BCUT2D eigenvalue weighted by Gasteiger charge is 2.12. The summed E-state index contributed by atoms with van der Waals surface area (Å²) in [4.78, 5) is 11.3. The minimum Gasteiger partial charge on any atom is -0.467 e. The summed E-state index contributed by atoms with van der Waals surface area (Å²) in [5, 5.41) is 4.02. The highest BCUT2D eigenvalue weighted by Crippen LogP contribution is 2.22. The predicted molar refractivity (Wildman–Crippen MR) is 76.8 cm³/mol. The van der Waals surface area contributed by atoms with Crippen molar-refractivity contribution in [1.82, 2.24) is 5.32 Å². The fourth-order valence-corrected chi connectivity index (χ4v) is 2.19. The summed E-state index contributed by atoms with van der Waals surface area (Å²) in [6.07, 6.45) is 1.39. The molecule has 0 aliphatic heterocycles. The van der Waals surface area contributed by atoms with Crippen LogP contribution in [0.2, 0.25) is 5.02 Å². The van der Waals surface area contributed by atoms with Crippen molar-refractivity contribution in [1.29, 1.82) is 0 Å². The number of ether oxygens (including phenoxy) is 1. The minimum absolute atomic E-state index is 0.0791. The van der Waals surface area contributed by atoms with Crippen LogP contribution in [0, 0.1) is 0 Å². The lowest BCUT2D eigenvalue weighted by Gasteiger charge is -2.14. The largest absolute Gasteiger partial charge is 0.467 e. The van der Waals surface area contributed by atoms with Crippen LogP contribution in [0.25, 0.3) is 0 Å². The first-order valence-corrected chi connectivity index (χ1v) is 6.63. The monoisotopic (exact) mass is 293 g/mol. The molecule has 0 radical (unpaired) electrons. The third-order valence-electron chi connectivity index (χ3n) is 3.03.